The second-order valence-corrected chi connectivity index (χ2v) is 15.3. The third-order valence-corrected chi connectivity index (χ3v) is 11.7. The fraction of sp³-hybridized carbons (Fsp3) is 0.386. The van der Waals surface area contributed by atoms with Gasteiger partial charge in [-0.05, 0) is 79.2 Å². The van der Waals surface area contributed by atoms with E-state index in [1.165, 1.54) is 0 Å². The van der Waals surface area contributed by atoms with Crippen molar-refractivity contribution in [2.75, 3.05) is 26.3 Å². The van der Waals surface area contributed by atoms with E-state index in [9.17, 15) is 14.4 Å². The number of aromatic nitrogens is 4. The Morgan fingerprint density at radius 2 is 1.14 bits per heavy atom. The molecule has 5 aromatic rings. The number of nitrogens with one attached hydrogen (secondary N) is 3. The topological polar surface area (TPSA) is 146 Å². The zero-order valence-electron chi connectivity index (χ0n) is 31.4. The average Bonchev–Trinajstić information content (AvgIpc) is 4.10. The Bertz CT molecular complexity index is 2150. The van der Waals surface area contributed by atoms with Crippen LogP contribution in [0.3, 0.4) is 0 Å². The molecule has 9 rings (SSSR count). The Morgan fingerprint density at radius 3 is 1.70 bits per heavy atom. The van der Waals surface area contributed by atoms with Gasteiger partial charge in [-0.2, -0.15) is 0 Å². The SMILES string of the molecule is O=C(N[C@@H](C(=O)N1CCC[C@H]1c1ncc(-c2ccc(-c3ccc(-c4cnc([C@@H]5CCCN5C(=O)[C@H]5CCCO5)[nH]4)cc3)cc2)[nH]1)c1ccccc1)C1CCCO1. The number of likely N-dealkylation sites (tertiary alicyclic amines) is 2. The van der Waals surface area contributed by atoms with Crippen molar-refractivity contribution < 1.29 is 23.9 Å². The van der Waals surface area contributed by atoms with Crippen molar-refractivity contribution in [3.63, 3.8) is 0 Å². The maximum Gasteiger partial charge on any atom is 0.252 e. The molecule has 3 N–H and O–H groups in total. The number of amides is 3. The van der Waals surface area contributed by atoms with E-state index < -0.39 is 12.1 Å². The first kappa shape index (κ1) is 36.1. The van der Waals surface area contributed by atoms with Gasteiger partial charge in [-0.3, -0.25) is 14.4 Å². The smallest absolute Gasteiger partial charge is 0.252 e. The van der Waals surface area contributed by atoms with Crippen LogP contribution in [0.15, 0.2) is 91.3 Å². The van der Waals surface area contributed by atoms with Gasteiger partial charge in [0.2, 0.25) is 11.8 Å². The first-order chi connectivity index (χ1) is 27.5. The lowest BCUT2D eigenvalue weighted by Crippen LogP contribution is -2.45. The van der Waals surface area contributed by atoms with Crippen molar-refractivity contribution >= 4 is 17.7 Å². The standard InChI is InChI=1S/C44H47N7O5/c52-42(37-12-6-24-55-37)49-39(32-8-2-1-3-9-32)44(54)51-23-5-11-36(51)41-46-27-34(48-41)31-20-16-29(17-21-31)28-14-18-30(19-15-28)33-26-45-40(47-33)35-10-4-22-50(35)43(53)38-13-7-25-56-38/h1-3,8-9,14-21,26-27,35-39H,4-7,10-13,22-25H2,(H,45,47)(H,46,48)(H,49,52)/t35-,36-,37?,38+,39+/m0/s1. The minimum absolute atomic E-state index is 0.0491. The Kier molecular flexibility index (Phi) is 10.2. The van der Waals surface area contributed by atoms with E-state index in [4.69, 9.17) is 19.4 Å². The molecule has 288 valence electrons. The summed E-state index contributed by atoms with van der Waals surface area (Å²) in [5.74, 6) is 1.26. The third kappa shape index (κ3) is 7.26. The molecule has 12 nitrogen and oxygen atoms in total. The molecule has 1 unspecified atom stereocenters. The van der Waals surface area contributed by atoms with Gasteiger partial charge in [0.15, 0.2) is 0 Å². The Hall–Kier alpha value is -5.59. The number of rotatable bonds is 10. The Labute approximate surface area is 326 Å². The number of aromatic amines is 2. The van der Waals surface area contributed by atoms with Gasteiger partial charge >= 0.3 is 0 Å². The minimum Gasteiger partial charge on any atom is -0.368 e. The number of carbonyl (C=O) groups excluding carboxylic acids is 3. The Balaban J connectivity index is 0.859. The van der Waals surface area contributed by atoms with Crippen molar-refractivity contribution in [2.24, 2.45) is 0 Å². The van der Waals surface area contributed by atoms with Crippen molar-refractivity contribution in [3.05, 3.63) is 108 Å². The number of hydrogen-bond donors (Lipinski definition) is 3. The number of imidazole rings is 2. The van der Waals surface area contributed by atoms with Crippen molar-refractivity contribution in [1.82, 2.24) is 35.1 Å². The molecule has 56 heavy (non-hydrogen) atoms. The second-order valence-electron chi connectivity index (χ2n) is 15.3. The van der Waals surface area contributed by atoms with Crippen LogP contribution in [0, 0.1) is 0 Å². The molecule has 0 saturated carbocycles. The second kappa shape index (κ2) is 15.9. The molecule has 6 heterocycles. The fourth-order valence-electron chi connectivity index (χ4n) is 8.70. The van der Waals surface area contributed by atoms with Crippen LogP contribution in [-0.4, -0.2) is 86.0 Å². The molecule has 3 aromatic carbocycles. The predicted molar refractivity (Wildman–Crippen MR) is 210 cm³/mol. The first-order valence-corrected chi connectivity index (χ1v) is 20.0. The first-order valence-electron chi connectivity index (χ1n) is 20.0. The summed E-state index contributed by atoms with van der Waals surface area (Å²) in [5, 5.41) is 3.00. The van der Waals surface area contributed by atoms with Gasteiger partial charge in [0, 0.05) is 26.3 Å². The molecule has 0 bridgehead atoms. The summed E-state index contributed by atoms with van der Waals surface area (Å²) in [4.78, 5) is 60.6. The number of hydrogen-bond acceptors (Lipinski definition) is 7. The molecule has 5 atom stereocenters. The van der Waals surface area contributed by atoms with Gasteiger partial charge in [0.05, 0.1) is 35.9 Å². The Morgan fingerprint density at radius 1 is 0.625 bits per heavy atom. The summed E-state index contributed by atoms with van der Waals surface area (Å²) in [5.41, 5.74) is 6.75. The van der Waals surface area contributed by atoms with Crippen molar-refractivity contribution in [3.8, 4) is 33.6 Å². The van der Waals surface area contributed by atoms with Crippen LogP contribution in [0.4, 0.5) is 0 Å². The highest BCUT2D eigenvalue weighted by atomic mass is 16.5. The van der Waals surface area contributed by atoms with E-state index in [0.29, 0.717) is 26.2 Å². The van der Waals surface area contributed by atoms with Gasteiger partial charge in [0.1, 0.15) is 29.9 Å². The van der Waals surface area contributed by atoms with Crippen LogP contribution < -0.4 is 5.32 Å². The molecule has 4 saturated heterocycles. The van der Waals surface area contributed by atoms with Crippen LogP contribution in [-0.2, 0) is 23.9 Å². The molecular weight excluding hydrogens is 707 g/mol. The number of H-pyrrole nitrogens is 2. The largest absolute Gasteiger partial charge is 0.368 e. The van der Waals surface area contributed by atoms with Gasteiger partial charge in [-0.25, -0.2) is 9.97 Å². The molecule has 0 spiro atoms. The van der Waals surface area contributed by atoms with E-state index in [1.54, 1.807) is 0 Å². The molecule has 4 fully saturated rings. The maximum atomic E-state index is 14.2. The molecular formula is C44H47N7O5. The molecule has 2 aromatic heterocycles. The molecule has 0 radical (unpaired) electrons. The predicted octanol–water partition coefficient (Wildman–Crippen LogP) is 6.68. The summed E-state index contributed by atoms with van der Waals surface area (Å²) >= 11 is 0. The summed E-state index contributed by atoms with van der Waals surface area (Å²) in [6.45, 7) is 2.55. The van der Waals surface area contributed by atoms with E-state index in [1.807, 2.05) is 52.5 Å². The monoisotopic (exact) mass is 753 g/mol. The molecule has 0 aliphatic carbocycles. The highest BCUT2D eigenvalue weighted by molar-refractivity contribution is 5.90. The van der Waals surface area contributed by atoms with Crippen LogP contribution in [0.2, 0.25) is 0 Å². The summed E-state index contributed by atoms with van der Waals surface area (Å²) in [7, 11) is 0. The van der Waals surface area contributed by atoms with Gasteiger partial charge in [0.25, 0.3) is 5.91 Å². The lowest BCUT2D eigenvalue weighted by molar-refractivity contribution is -0.142. The van der Waals surface area contributed by atoms with Crippen LogP contribution in [0.5, 0.6) is 0 Å². The number of nitrogens with zero attached hydrogens (tertiary/aromatic N) is 4. The minimum atomic E-state index is -0.807. The zero-order valence-corrected chi connectivity index (χ0v) is 31.4. The number of ether oxygens (including phenoxy) is 2. The highest BCUT2D eigenvalue weighted by Gasteiger charge is 2.39. The summed E-state index contributed by atoms with van der Waals surface area (Å²) in [6.07, 6.45) is 9.56. The molecule has 12 heteroatoms. The molecule has 3 amide bonds. The quantitative estimate of drug-likeness (QED) is 0.144. The van der Waals surface area contributed by atoms with Crippen molar-refractivity contribution in [1.29, 1.82) is 0 Å². The third-order valence-electron chi connectivity index (χ3n) is 11.7. The summed E-state index contributed by atoms with van der Waals surface area (Å²) < 4.78 is 11.3. The van der Waals surface area contributed by atoms with E-state index >= 15 is 0 Å². The zero-order chi connectivity index (χ0) is 38.0. The molecule has 4 aliphatic heterocycles. The molecule has 4 aliphatic rings. The number of benzene rings is 3. The maximum absolute atomic E-state index is 14.2. The highest BCUT2D eigenvalue weighted by Crippen LogP contribution is 2.36. The van der Waals surface area contributed by atoms with Crippen LogP contribution >= 0.6 is 0 Å². The fourth-order valence-corrected chi connectivity index (χ4v) is 8.70. The van der Waals surface area contributed by atoms with Crippen LogP contribution in [0.25, 0.3) is 33.6 Å². The van der Waals surface area contributed by atoms with Gasteiger partial charge < -0.3 is 34.6 Å². The normalized spacial score (nSPS) is 22.8. The van der Waals surface area contributed by atoms with Gasteiger partial charge in [-0.15, -0.1) is 0 Å². The average molecular weight is 754 g/mol. The van der Waals surface area contributed by atoms with E-state index in [2.05, 4.69) is 63.8 Å². The number of carbonyl (C=O) groups is 3. The van der Waals surface area contributed by atoms with Crippen molar-refractivity contribution in [2.45, 2.75) is 81.7 Å². The lowest BCUT2D eigenvalue weighted by atomic mass is 10.0. The summed E-state index contributed by atoms with van der Waals surface area (Å²) in [6, 6.07) is 25.1. The van der Waals surface area contributed by atoms with Crippen LogP contribution in [0.1, 0.15) is 86.7 Å². The lowest BCUT2D eigenvalue weighted by Gasteiger charge is -2.29. The van der Waals surface area contributed by atoms with E-state index in [0.717, 1.165) is 102 Å². The van der Waals surface area contributed by atoms with E-state index in [-0.39, 0.29) is 35.9 Å². The van der Waals surface area contributed by atoms with Gasteiger partial charge in [-0.1, -0.05) is 78.9 Å².